The van der Waals surface area contributed by atoms with Crippen LogP contribution in [0.15, 0.2) is 36.4 Å². The second kappa shape index (κ2) is 7.94. The Balaban J connectivity index is 1.73. The molecule has 3 nitrogen and oxygen atoms in total. The highest BCUT2D eigenvalue weighted by Crippen LogP contribution is 2.31. The van der Waals surface area contributed by atoms with Gasteiger partial charge in [0.1, 0.15) is 0 Å². The van der Waals surface area contributed by atoms with E-state index in [-0.39, 0.29) is 29.0 Å². The Bertz CT molecular complexity index is 1100. The van der Waals surface area contributed by atoms with Crippen molar-refractivity contribution in [3.8, 4) is 11.8 Å². The Morgan fingerprint density at radius 1 is 1.10 bits per heavy atom. The highest BCUT2D eigenvalue weighted by molar-refractivity contribution is 7.19. The average molecular weight is 411 g/mol. The van der Waals surface area contributed by atoms with Crippen molar-refractivity contribution in [1.29, 1.82) is 0 Å². The van der Waals surface area contributed by atoms with Gasteiger partial charge in [-0.25, -0.2) is 8.78 Å². The summed E-state index contributed by atoms with van der Waals surface area (Å²) in [5, 5.41) is 1.05. The van der Waals surface area contributed by atoms with Crippen LogP contribution in [0.5, 0.6) is 0 Å². The molecule has 2 atom stereocenters. The molecule has 0 N–H and O–H groups in total. The maximum atomic E-state index is 15.0. The van der Waals surface area contributed by atoms with E-state index in [9.17, 15) is 13.6 Å². The molecule has 1 saturated heterocycles. The molecule has 0 bridgehead atoms. The molecule has 29 heavy (non-hydrogen) atoms. The molecule has 6 heteroatoms. The molecule has 1 fully saturated rings. The minimum Gasteiger partial charge on any atom is -0.372 e. The third kappa shape index (κ3) is 3.89. The second-order valence-corrected chi connectivity index (χ2v) is 8.25. The predicted octanol–water partition coefficient (Wildman–Crippen LogP) is 5.01. The summed E-state index contributed by atoms with van der Waals surface area (Å²) in [7, 11) is 0. The molecule has 2 unspecified atom stereocenters. The highest BCUT2D eigenvalue weighted by atomic mass is 32.1. The van der Waals surface area contributed by atoms with Gasteiger partial charge in [-0.1, -0.05) is 30.0 Å². The van der Waals surface area contributed by atoms with Crippen LogP contribution in [-0.4, -0.2) is 31.6 Å². The van der Waals surface area contributed by atoms with Gasteiger partial charge in [0, 0.05) is 23.4 Å². The van der Waals surface area contributed by atoms with Gasteiger partial charge in [0.25, 0.3) is 0 Å². The number of carbonyl (C=O) groups is 1. The Labute approximate surface area is 171 Å². The monoisotopic (exact) mass is 411 g/mol. The molecule has 1 aliphatic rings. The van der Waals surface area contributed by atoms with E-state index in [1.807, 2.05) is 44.2 Å². The lowest BCUT2D eigenvalue weighted by Gasteiger charge is -2.37. The van der Waals surface area contributed by atoms with Gasteiger partial charge in [0.2, 0.25) is 0 Å². The van der Waals surface area contributed by atoms with Gasteiger partial charge >= 0.3 is 0 Å². The van der Waals surface area contributed by atoms with Crippen LogP contribution < -0.4 is 4.90 Å². The summed E-state index contributed by atoms with van der Waals surface area (Å²) in [6, 6.07) is 11.1. The normalized spacial score (nSPS) is 19.1. The van der Waals surface area contributed by atoms with Crippen LogP contribution in [0.25, 0.3) is 10.1 Å². The van der Waals surface area contributed by atoms with Crippen LogP contribution in [-0.2, 0) is 4.74 Å². The zero-order valence-corrected chi connectivity index (χ0v) is 16.9. The minimum atomic E-state index is -1.04. The lowest BCUT2D eigenvalue weighted by Crippen LogP contribution is -2.46. The fourth-order valence-corrected chi connectivity index (χ4v) is 4.59. The van der Waals surface area contributed by atoms with Crippen LogP contribution in [0.3, 0.4) is 0 Å². The largest absolute Gasteiger partial charge is 0.372 e. The molecule has 0 radical (unpaired) electrons. The SMILES string of the molecule is CC1CN(c2c(C=O)cc(C#Cc3cc4ccccc4s3)c(F)c2F)CC(C)O1. The molecule has 3 aromatic rings. The first kappa shape index (κ1) is 19.6. The quantitative estimate of drug-likeness (QED) is 0.439. The average Bonchev–Trinajstić information content (AvgIpc) is 3.11. The summed E-state index contributed by atoms with van der Waals surface area (Å²) < 4.78 is 36.5. The van der Waals surface area contributed by atoms with E-state index in [1.54, 1.807) is 4.90 Å². The molecule has 2 heterocycles. The third-order valence-corrected chi connectivity index (χ3v) is 5.85. The number of benzene rings is 2. The van der Waals surface area contributed by atoms with Crippen LogP contribution in [0.4, 0.5) is 14.5 Å². The highest BCUT2D eigenvalue weighted by Gasteiger charge is 2.28. The van der Waals surface area contributed by atoms with E-state index in [0.717, 1.165) is 15.0 Å². The number of morpholine rings is 1. The number of halogens is 2. The van der Waals surface area contributed by atoms with Gasteiger partial charge in [0.05, 0.1) is 28.3 Å². The van der Waals surface area contributed by atoms with Crippen molar-refractivity contribution >= 4 is 33.4 Å². The summed E-state index contributed by atoms with van der Waals surface area (Å²) in [5.74, 6) is 3.51. The first-order valence-corrected chi connectivity index (χ1v) is 10.2. The first-order chi connectivity index (χ1) is 14.0. The predicted molar refractivity (Wildman–Crippen MR) is 112 cm³/mol. The van der Waals surface area contributed by atoms with Crippen LogP contribution in [0.2, 0.25) is 0 Å². The van der Waals surface area contributed by atoms with Crippen molar-refractivity contribution in [2.24, 2.45) is 0 Å². The van der Waals surface area contributed by atoms with Crippen LogP contribution in [0, 0.1) is 23.5 Å². The van der Waals surface area contributed by atoms with Crippen molar-refractivity contribution in [3.63, 3.8) is 0 Å². The fraction of sp³-hybridized carbons (Fsp3) is 0.261. The minimum absolute atomic E-state index is 0.0214. The maximum Gasteiger partial charge on any atom is 0.184 e. The van der Waals surface area contributed by atoms with E-state index in [2.05, 4.69) is 11.8 Å². The number of aldehydes is 1. The number of ether oxygens (including phenoxy) is 1. The number of hydrogen-bond acceptors (Lipinski definition) is 4. The summed E-state index contributed by atoms with van der Waals surface area (Å²) >= 11 is 1.48. The Morgan fingerprint density at radius 3 is 2.52 bits per heavy atom. The molecule has 148 valence electrons. The van der Waals surface area contributed by atoms with Crippen molar-refractivity contribution in [3.05, 3.63) is 64.0 Å². The summed E-state index contributed by atoms with van der Waals surface area (Å²) in [4.78, 5) is 14.1. The van der Waals surface area contributed by atoms with Gasteiger partial charge in [0.15, 0.2) is 17.9 Å². The second-order valence-electron chi connectivity index (χ2n) is 7.17. The Morgan fingerprint density at radius 2 is 1.83 bits per heavy atom. The van der Waals surface area contributed by atoms with Crippen molar-refractivity contribution in [2.45, 2.75) is 26.1 Å². The number of thiophene rings is 1. The number of rotatable bonds is 2. The molecule has 0 aliphatic carbocycles. The standard InChI is InChI=1S/C23H19F2NO2S/c1-14-11-26(12-15(2)28-14)23-18(13-27)9-17(21(24)22(23)25)7-8-19-10-16-5-3-4-6-20(16)29-19/h3-6,9-10,13-15H,11-12H2,1-2H3. The number of nitrogens with zero attached hydrogens (tertiary/aromatic N) is 1. The molecular formula is C23H19F2NO2S. The molecule has 0 saturated carbocycles. The van der Waals surface area contributed by atoms with Gasteiger partial charge in [-0.15, -0.1) is 11.3 Å². The zero-order chi connectivity index (χ0) is 20.5. The van der Waals surface area contributed by atoms with E-state index in [0.29, 0.717) is 19.4 Å². The van der Waals surface area contributed by atoms with Crippen molar-refractivity contribution in [2.75, 3.05) is 18.0 Å². The lowest BCUT2D eigenvalue weighted by molar-refractivity contribution is -0.00547. The van der Waals surface area contributed by atoms with E-state index in [1.165, 1.54) is 17.4 Å². The van der Waals surface area contributed by atoms with E-state index in [4.69, 9.17) is 4.74 Å². The number of fused-ring (bicyclic) bond motifs is 1. The van der Waals surface area contributed by atoms with Crippen molar-refractivity contribution < 1.29 is 18.3 Å². The topological polar surface area (TPSA) is 29.5 Å². The smallest absolute Gasteiger partial charge is 0.184 e. The number of hydrogen-bond donors (Lipinski definition) is 0. The Kier molecular flexibility index (Phi) is 5.35. The zero-order valence-electron chi connectivity index (χ0n) is 16.0. The van der Waals surface area contributed by atoms with Crippen LogP contribution >= 0.6 is 11.3 Å². The van der Waals surface area contributed by atoms with E-state index >= 15 is 0 Å². The maximum absolute atomic E-state index is 15.0. The molecule has 2 aromatic carbocycles. The Hall–Kier alpha value is -2.75. The third-order valence-electron chi connectivity index (χ3n) is 4.82. The fourth-order valence-electron chi connectivity index (χ4n) is 3.67. The van der Waals surface area contributed by atoms with Crippen molar-refractivity contribution in [1.82, 2.24) is 0 Å². The molecule has 1 aliphatic heterocycles. The number of anilines is 1. The molecular weight excluding hydrogens is 392 g/mol. The lowest BCUT2D eigenvalue weighted by atomic mass is 10.1. The summed E-state index contributed by atoms with van der Waals surface area (Å²) in [6.45, 7) is 4.49. The van der Waals surface area contributed by atoms with Gasteiger partial charge in [-0.05, 0) is 37.4 Å². The van der Waals surface area contributed by atoms with Crippen LogP contribution in [0.1, 0.15) is 34.6 Å². The summed E-state index contributed by atoms with van der Waals surface area (Å²) in [5.41, 5.74) is -0.0575. The molecule has 4 rings (SSSR count). The van der Waals surface area contributed by atoms with Gasteiger partial charge < -0.3 is 9.64 Å². The molecule has 1 aromatic heterocycles. The van der Waals surface area contributed by atoms with Gasteiger partial charge in [-0.2, -0.15) is 0 Å². The van der Waals surface area contributed by atoms with E-state index < -0.39 is 11.6 Å². The number of carbonyl (C=O) groups excluding carboxylic acids is 1. The molecule has 0 spiro atoms. The first-order valence-electron chi connectivity index (χ1n) is 9.34. The van der Waals surface area contributed by atoms with Gasteiger partial charge in [-0.3, -0.25) is 4.79 Å². The summed E-state index contributed by atoms with van der Waals surface area (Å²) in [6.07, 6.45) is 0.258. The molecule has 0 amide bonds.